The van der Waals surface area contributed by atoms with Crippen molar-refractivity contribution >= 4 is 39.1 Å². The number of thioether (sulfide) groups is 1. The summed E-state index contributed by atoms with van der Waals surface area (Å²) in [6.45, 7) is 2.32. The van der Waals surface area contributed by atoms with Crippen molar-refractivity contribution in [2.45, 2.75) is 41.4 Å². The highest BCUT2D eigenvalue weighted by atomic mass is 32.2. The Balaban J connectivity index is 1.63. The molecule has 0 saturated heterocycles. The Labute approximate surface area is 169 Å². The van der Waals surface area contributed by atoms with Gasteiger partial charge in [0.1, 0.15) is 0 Å². The molecule has 2 aromatic carbocycles. The lowest BCUT2D eigenvalue weighted by Crippen LogP contribution is -2.25. The predicted octanol–water partition coefficient (Wildman–Crippen LogP) is 2.99. The second kappa shape index (κ2) is 8.79. The second-order valence-electron chi connectivity index (χ2n) is 6.67. The molecule has 0 aliphatic carbocycles. The summed E-state index contributed by atoms with van der Waals surface area (Å²) in [5.74, 6) is -0.738. The molecule has 6 nitrogen and oxygen atoms in total. The summed E-state index contributed by atoms with van der Waals surface area (Å²) < 4.78 is 25.3. The van der Waals surface area contributed by atoms with E-state index in [1.54, 1.807) is 6.07 Å². The van der Waals surface area contributed by atoms with E-state index in [-0.39, 0.29) is 34.1 Å². The van der Waals surface area contributed by atoms with Crippen LogP contribution in [0.25, 0.3) is 0 Å². The number of hydrogen-bond acceptors (Lipinski definition) is 5. The van der Waals surface area contributed by atoms with E-state index in [1.165, 1.54) is 23.9 Å². The van der Waals surface area contributed by atoms with E-state index in [2.05, 4.69) is 10.6 Å². The van der Waals surface area contributed by atoms with Crippen LogP contribution in [-0.4, -0.2) is 31.2 Å². The van der Waals surface area contributed by atoms with Crippen LogP contribution in [0.2, 0.25) is 0 Å². The summed E-state index contributed by atoms with van der Waals surface area (Å²) >= 11 is 1.54. The third-order valence-electron chi connectivity index (χ3n) is 4.32. The molecule has 1 atom stereocenters. The van der Waals surface area contributed by atoms with E-state index in [0.29, 0.717) is 18.7 Å². The van der Waals surface area contributed by atoms with Gasteiger partial charge in [-0.1, -0.05) is 37.3 Å². The maximum Gasteiger partial charge on any atom is 0.225 e. The number of amides is 2. The molecule has 1 aliphatic heterocycles. The molecule has 148 valence electrons. The van der Waals surface area contributed by atoms with Crippen LogP contribution in [0.4, 0.5) is 5.69 Å². The molecule has 0 spiro atoms. The van der Waals surface area contributed by atoms with Crippen LogP contribution in [-0.2, 0) is 26.0 Å². The Morgan fingerprint density at radius 3 is 2.71 bits per heavy atom. The average Bonchev–Trinajstić information content (AvgIpc) is 2.81. The fourth-order valence-electron chi connectivity index (χ4n) is 2.85. The Bertz CT molecular complexity index is 975. The lowest BCUT2D eigenvalue weighted by Gasteiger charge is -2.11. The minimum Gasteiger partial charge on any atom is -0.352 e. The highest BCUT2D eigenvalue weighted by molar-refractivity contribution is 8.00. The van der Waals surface area contributed by atoms with Crippen LogP contribution in [0, 0.1) is 0 Å². The van der Waals surface area contributed by atoms with E-state index in [1.807, 2.05) is 37.3 Å². The highest BCUT2D eigenvalue weighted by Gasteiger charge is 2.22. The van der Waals surface area contributed by atoms with E-state index < -0.39 is 9.84 Å². The smallest absolute Gasteiger partial charge is 0.225 e. The van der Waals surface area contributed by atoms with Gasteiger partial charge in [-0.15, -0.1) is 11.8 Å². The van der Waals surface area contributed by atoms with Crippen LogP contribution in [0.1, 0.15) is 25.3 Å². The van der Waals surface area contributed by atoms with Gasteiger partial charge in [-0.05, 0) is 23.8 Å². The zero-order chi connectivity index (χ0) is 20.1. The zero-order valence-corrected chi connectivity index (χ0v) is 17.1. The van der Waals surface area contributed by atoms with Crippen LogP contribution in [0.3, 0.4) is 0 Å². The molecular formula is C20H22N2O4S2. The lowest BCUT2D eigenvalue weighted by molar-refractivity contribution is -0.121. The maximum absolute atomic E-state index is 12.6. The van der Waals surface area contributed by atoms with Crippen LogP contribution >= 0.6 is 11.8 Å². The zero-order valence-electron chi connectivity index (χ0n) is 15.5. The number of hydrogen-bond donors (Lipinski definition) is 2. The third kappa shape index (κ3) is 5.36. The third-order valence-corrected chi connectivity index (χ3v) is 7.21. The van der Waals surface area contributed by atoms with Gasteiger partial charge in [-0.3, -0.25) is 9.59 Å². The Morgan fingerprint density at radius 1 is 1.21 bits per heavy atom. The van der Waals surface area contributed by atoms with E-state index in [9.17, 15) is 18.0 Å². The van der Waals surface area contributed by atoms with Crippen molar-refractivity contribution in [1.29, 1.82) is 0 Å². The maximum atomic E-state index is 12.6. The van der Waals surface area contributed by atoms with Crippen molar-refractivity contribution < 1.29 is 18.0 Å². The van der Waals surface area contributed by atoms with Gasteiger partial charge < -0.3 is 10.6 Å². The largest absolute Gasteiger partial charge is 0.352 e. The fourth-order valence-corrected chi connectivity index (χ4v) is 5.17. The van der Waals surface area contributed by atoms with Crippen molar-refractivity contribution in [2.24, 2.45) is 0 Å². The number of benzene rings is 2. The SMILES string of the molecule is C[C@H]1CC(=O)Nc2cc(S(=O)(=O)CCC(=O)NCc3ccccc3)ccc2S1. The summed E-state index contributed by atoms with van der Waals surface area (Å²) in [5, 5.41) is 5.62. The minimum absolute atomic E-state index is 0.109. The minimum atomic E-state index is -3.64. The van der Waals surface area contributed by atoms with Crippen molar-refractivity contribution in [3.63, 3.8) is 0 Å². The van der Waals surface area contributed by atoms with Gasteiger partial charge in [0.25, 0.3) is 0 Å². The highest BCUT2D eigenvalue weighted by Crippen LogP contribution is 2.36. The molecule has 0 fully saturated rings. The van der Waals surface area contributed by atoms with Crippen LogP contribution in [0.5, 0.6) is 0 Å². The van der Waals surface area contributed by atoms with Crippen LogP contribution < -0.4 is 10.6 Å². The Morgan fingerprint density at radius 2 is 1.96 bits per heavy atom. The van der Waals surface area contributed by atoms with Gasteiger partial charge in [0.05, 0.1) is 16.3 Å². The molecule has 28 heavy (non-hydrogen) atoms. The molecule has 1 heterocycles. The number of fused-ring (bicyclic) bond motifs is 1. The molecule has 2 amide bonds. The van der Waals surface area contributed by atoms with Crippen molar-refractivity contribution in [3.05, 3.63) is 54.1 Å². The van der Waals surface area contributed by atoms with E-state index in [0.717, 1.165) is 10.5 Å². The van der Waals surface area contributed by atoms with Gasteiger partial charge in [-0.2, -0.15) is 0 Å². The molecule has 2 aromatic rings. The molecule has 2 N–H and O–H groups in total. The van der Waals surface area contributed by atoms with E-state index >= 15 is 0 Å². The normalized spacial score (nSPS) is 16.6. The summed E-state index contributed by atoms with van der Waals surface area (Å²) in [4.78, 5) is 24.9. The van der Waals surface area contributed by atoms with Crippen molar-refractivity contribution in [1.82, 2.24) is 5.32 Å². The summed E-state index contributed by atoms with van der Waals surface area (Å²) in [6.07, 6.45) is 0.257. The monoisotopic (exact) mass is 418 g/mol. The first kappa shape index (κ1) is 20.4. The number of nitrogens with one attached hydrogen (secondary N) is 2. The molecule has 8 heteroatoms. The first-order valence-electron chi connectivity index (χ1n) is 8.97. The van der Waals surface area contributed by atoms with Crippen LogP contribution in [0.15, 0.2) is 58.3 Å². The lowest BCUT2D eigenvalue weighted by atomic mass is 10.2. The number of rotatable bonds is 6. The molecule has 1 aliphatic rings. The standard InChI is InChI=1S/C20H22N2O4S2/c1-14-11-20(24)22-17-12-16(7-8-18(17)27-14)28(25,26)10-9-19(23)21-13-15-5-3-2-4-6-15/h2-8,12,14H,9-11,13H2,1H3,(H,21,23)(H,22,24)/t14-/m0/s1. The number of anilines is 1. The molecule has 0 unspecified atom stereocenters. The molecule has 0 aromatic heterocycles. The molecular weight excluding hydrogens is 396 g/mol. The average molecular weight is 419 g/mol. The molecule has 0 radical (unpaired) electrons. The second-order valence-corrected chi connectivity index (χ2v) is 10.3. The first-order valence-corrected chi connectivity index (χ1v) is 11.5. The predicted molar refractivity (Wildman–Crippen MR) is 110 cm³/mol. The topological polar surface area (TPSA) is 92.3 Å². The summed E-state index contributed by atoms with van der Waals surface area (Å²) in [7, 11) is -3.64. The van der Waals surface area contributed by atoms with Gasteiger partial charge >= 0.3 is 0 Å². The quantitative estimate of drug-likeness (QED) is 0.752. The number of carbonyl (C=O) groups excluding carboxylic acids is 2. The van der Waals surface area contributed by atoms with E-state index in [4.69, 9.17) is 0 Å². The van der Waals surface area contributed by atoms with Crippen molar-refractivity contribution in [2.75, 3.05) is 11.1 Å². The summed E-state index contributed by atoms with van der Waals surface area (Å²) in [6, 6.07) is 14.1. The molecule has 3 rings (SSSR count). The summed E-state index contributed by atoms with van der Waals surface area (Å²) in [5.41, 5.74) is 1.46. The van der Waals surface area contributed by atoms with Gasteiger partial charge in [0.15, 0.2) is 9.84 Å². The number of carbonyl (C=O) groups is 2. The fraction of sp³-hybridized carbons (Fsp3) is 0.300. The van der Waals surface area contributed by atoms with Gasteiger partial charge in [-0.25, -0.2) is 8.42 Å². The molecule has 0 saturated carbocycles. The van der Waals surface area contributed by atoms with Gasteiger partial charge in [0, 0.05) is 29.5 Å². The number of sulfone groups is 1. The first-order chi connectivity index (χ1) is 13.3. The Kier molecular flexibility index (Phi) is 6.41. The molecule has 0 bridgehead atoms. The Hall–Kier alpha value is -2.32. The van der Waals surface area contributed by atoms with Crippen molar-refractivity contribution in [3.8, 4) is 0 Å². The van der Waals surface area contributed by atoms with Gasteiger partial charge in [0.2, 0.25) is 11.8 Å².